The van der Waals surface area contributed by atoms with Gasteiger partial charge in [0.05, 0.1) is 13.8 Å². The van der Waals surface area contributed by atoms with Crippen molar-refractivity contribution in [1.29, 1.82) is 0 Å². The van der Waals surface area contributed by atoms with Crippen LogP contribution in [0.5, 0.6) is 0 Å². The van der Waals surface area contributed by atoms with Crippen LogP contribution in [0.1, 0.15) is 0 Å². The van der Waals surface area contributed by atoms with Crippen LogP contribution in [-0.4, -0.2) is 16.1 Å². The van der Waals surface area contributed by atoms with Crippen LogP contribution < -0.4 is 25.4 Å². The third-order valence-electron chi connectivity index (χ3n) is 13.1. The largest absolute Gasteiger partial charge is 0.311 e. The van der Waals surface area contributed by atoms with E-state index in [1.165, 1.54) is 92.5 Å². The van der Waals surface area contributed by atoms with Crippen molar-refractivity contribution in [1.82, 2.24) is 0 Å². The molecule has 0 fully saturated rings. The standard InChI is InChI=1S/C57H48N2Si2/c1-60(2,3)46-32-29-43(30-33-46)58(41-19-8-6-9-20-41)45-31-34-49-53-37-51-47-23-14-15-24-48(47)54(38-52(51)50-25-16-26-55(57(50)53)61(4,5)56(49)36-45)59(42-21-10-7-11-22-42)44-28-27-39-17-12-13-18-40(39)35-44/h6-38H,1-5H3. The Morgan fingerprint density at radius 1 is 0.361 bits per heavy atom. The van der Waals surface area contributed by atoms with E-state index in [0.29, 0.717) is 0 Å². The molecule has 11 rings (SSSR count). The van der Waals surface area contributed by atoms with Crippen molar-refractivity contribution in [2.24, 2.45) is 0 Å². The van der Waals surface area contributed by atoms with Gasteiger partial charge in [-0.2, -0.15) is 0 Å². The summed E-state index contributed by atoms with van der Waals surface area (Å²) in [6.45, 7) is 12.4. The van der Waals surface area contributed by atoms with Crippen LogP contribution in [0.25, 0.3) is 54.2 Å². The van der Waals surface area contributed by atoms with Gasteiger partial charge in [0.1, 0.15) is 8.07 Å². The van der Waals surface area contributed by atoms with Crippen molar-refractivity contribution < 1.29 is 0 Å². The molecule has 294 valence electrons. The SMILES string of the molecule is C[Si](C)(C)c1ccc(N(c2ccccc2)c2ccc3c(c2)[Si](C)(C)c2cccc4c2c-3cc2c3ccccc3c(N(c3ccccc3)c3ccc5ccccc5c3)cc42)cc1. The molecule has 2 nitrogen and oxygen atoms in total. The fourth-order valence-corrected chi connectivity index (χ4v) is 14.2. The molecule has 0 aromatic heterocycles. The first-order valence-electron chi connectivity index (χ1n) is 21.5. The van der Waals surface area contributed by atoms with Gasteiger partial charge < -0.3 is 9.80 Å². The summed E-state index contributed by atoms with van der Waals surface area (Å²) < 4.78 is 0. The molecule has 0 saturated heterocycles. The van der Waals surface area contributed by atoms with Gasteiger partial charge in [0.25, 0.3) is 0 Å². The maximum absolute atomic E-state index is 2.55. The maximum Gasteiger partial charge on any atom is 0.113 e. The zero-order valence-corrected chi connectivity index (χ0v) is 37.4. The highest BCUT2D eigenvalue weighted by Crippen LogP contribution is 2.47. The van der Waals surface area contributed by atoms with Crippen LogP contribution in [0, 0.1) is 0 Å². The third kappa shape index (κ3) is 6.12. The Balaban J connectivity index is 1.14. The first-order valence-corrected chi connectivity index (χ1v) is 28.0. The predicted octanol–water partition coefficient (Wildman–Crippen LogP) is 14.6. The lowest BCUT2D eigenvalue weighted by atomic mass is 9.89. The molecule has 0 amide bonds. The van der Waals surface area contributed by atoms with Gasteiger partial charge in [0.2, 0.25) is 0 Å². The number of para-hydroxylation sites is 2. The molecule has 61 heavy (non-hydrogen) atoms. The molecule has 0 N–H and O–H groups in total. The highest BCUT2D eigenvalue weighted by molar-refractivity contribution is 7.03. The fraction of sp³-hybridized carbons (Fsp3) is 0.0877. The Labute approximate surface area is 361 Å². The number of anilines is 6. The summed E-state index contributed by atoms with van der Waals surface area (Å²) in [5.41, 5.74) is 9.73. The van der Waals surface area contributed by atoms with E-state index in [9.17, 15) is 0 Å². The van der Waals surface area contributed by atoms with Gasteiger partial charge in [-0.1, -0.05) is 165 Å². The van der Waals surface area contributed by atoms with Crippen LogP contribution in [0.4, 0.5) is 34.1 Å². The second-order valence-corrected chi connectivity index (χ2v) is 27.6. The van der Waals surface area contributed by atoms with E-state index in [1.54, 1.807) is 0 Å². The van der Waals surface area contributed by atoms with Gasteiger partial charge in [0.15, 0.2) is 0 Å². The minimum absolute atomic E-state index is 1.14. The summed E-state index contributed by atoms with van der Waals surface area (Å²) in [5.74, 6) is 0. The van der Waals surface area contributed by atoms with E-state index in [-0.39, 0.29) is 0 Å². The Bertz CT molecular complexity index is 3310. The quantitative estimate of drug-likeness (QED) is 0.117. The maximum atomic E-state index is 2.55. The highest BCUT2D eigenvalue weighted by atomic mass is 28.3. The van der Waals surface area contributed by atoms with E-state index >= 15 is 0 Å². The van der Waals surface area contributed by atoms with E-state index in [2.05, 4.69) is 243 Å². The lowest BCUT2D eigenvalue weighted by molar-refractivity contribution is 1.29. The van der Waals surface area contributed by atoms with E-state index in [0.717, 1.165) is 11.4 Å². The lowest BCUT2D eigenvalue weighted by Gasteiger charge is -2.36. The molecule has 0 bridgehead atoms. The molecule has 1 heterocycles. The summed E-state index contributed by atoms with van der Waals surface area (Å²) in [7, 11) is -3.66. The first kappa shape index (κ1) is 37.3. The predicted molar refractivity (Wildman–Crippen MR) is 271 cm³/mol. The van der Waals surface area contributed by atoms with Gasteiger partial charge in [0, 0.05) is 33.8 Å². The average molecular weight is 817 g/mol. The topological polar surface area (TPSA) is 6.48 Å². The number of benzene rings is 10. The second-order valence-electron chi connectivity index (χ2n) is 18.2. The van der Waals surface area contributed by atoms with Crippen LogP contribution >= 0.6 is 0 Å². The zero-order valence-electron chi connectivity index (χ0n) is 35.4. The van der Waals surface area contributed by atoms with Crippen molar-refractivity contribution in [3.8, 4) is 11.1 Å². The van der Waals surface area contributed by atoms with Gasteiger partial charge in [-0.15, -0.1) is 0 Å². The normalized spacial score (nSPS) is 13.1. The summed E-state index contributed by atoms with van der Waals surface area (Å²) in [6, 6.07) is 75.0. The summed E-state index contributed by atoms with van der Waals surface area (Å²) in [4.78, 5) is 4.90. The molecule has 0 spiro atoms. The fourth-order valence-electron chi connectivity index (χ4n) is 9.98. The number of fused-ring (bicyclic) bond motifs is 7. The number of rotatable bonds is 7. The number of nitrogens with zero attached hydrogens (tertiary/aromatic N) is 2. The summed E-state index contributed by atoms with van der Waals surface area (Å²) >= 11 is 0. The van der Waals surface area contributed by atoms with Gasteiger partial charge in [-0.05, 0) is 132 Å². The molecule has 1 aliphatic heterocycles. The van der Waals surface area contributed by atoms with E-state index < -0.39 is 16.1 Å². The van der Waals surface area contributed by atoms with Gasteiger partial charge in [-0.3, -0.25) is 0 Å². The molecule has 1 aliphatic rings. The summed E-state index contributed by atoms with van der Waals surface area (Å²) in [6.07, 6.45) is 0. The van der Waals surface area contributed by atoms with Crippen molar-refractivity contribution in [2.75, 3.05) is 9.80 Å². The van der Waals surface area contributed by atoms with Crippen molar-refractivity contribution in [3.05, 3.63) is 200 Å². The first-order chi connectivity index (χ1) is 29.6. The minimum atomic E-state index is -2.21. The Hall–Kier alpha value is -6.73. The molecular formula is C57H48N2Si2. The van der Waals surface area contributed by atoms with Crippen molar-refractivity contribution in [2.45, 2.75) is 32.7 Å². The van der Waals surface area contributed by atoms with Gasteiger partial charge in [-0.25, -0.2) is 0 Å². The van der Waals surface area contributed by atoms with E-state index in [1.807, 2.05) is 0 Å². The summed E-state index contributed by atoms with van der Waals surface area (Å²) in [5, 5.41) is 14.7. The average Bonchev–Trinajstić information content (AvgIpc) is 3.29. The minimum Gasteiger partial charge on any atom is -0.311 e. The number of hydrogen-bond donors (Lipinski definition) is 0. The van der Waals surface area contributed by atoms with Crippen LogP contribution in [0.3, 0.4) is 0 Å². The van der Waals surface area contributed by atoms with Crippen LogP contribution in [-0.2, 0) is 0 Å². The molecule has 0 unspecified atom stereocenters. The lowest BCUT2D eigenvalue weighted by Crippen LogP contribution is -2.56. The Kier molecular flexibility index (Phi) is 8.68. The second kappa shape index (κ2) is 14.2. The number of hydrogen-bond acceptors (Lipinski definition) is 2. The Morgan fingerprint density at radius 2 is 0.918 bits per heavy atom. The Morgan fingerprint density at radius 3 is 1.64 bits per heavy atom. The monoisotopic (exact) mass is 816 g/mol. The molecule has 10 aromatic carbocycles. The van der Waals surface area contributed by atoms with Crippen molar-refractivity contribution >= 4 is 109 Å². The van der Waals surface area contributed by atoms with Crippen LogP contribution in [0.15, 0.2) is 200 Å². The molecule has 0 aliphatic carbocycles. The van der Waals surface area contributed by atoms with Crippen molar-refractivity contribution in [3.63, 3.8) is 0 Å². The molecule has 0 atom stereocenters. The third-order valence-corrected chi connectivity index (χ3v) is 18.7. The molecular weight excluding hydrogens is 769 g/mol. The zero-order chi connectivity index (χ0) is 41.5. The van der Waals surface area contributed by atoms with E-state index in [4.69, 9.17) is 0 Å². The van der Waals surface area contributed by atoms with Crippen LogP contribution in [0.2, 0.25) is 32.7 Å². The smallest absolute Gasteiger partial charge is 0.113 e. The highest BCUT2D eigenvalue weighted by Gasteiger charge is 2.37. The van der Waals surface area contributed by atoms with Gasteiger partial charge >= 0.3 is 0 Å². The molecule has 0 radical (unpaired) electrons. The molecule has 10 aromatic rings. The molecule has 0 saturated carbocycles. The molecule has 4 heteroatoms.